The summed E-state index contributed by atoms with van der Waals surface area (Å²) in [6.07, 6.45) is 10.4. The zero-order chi connectivity index (χ0) is 36.7. The van der Waals surface area contributed by atoms with Crippen LogP contribution < -0.4 is 9.47 Å². The van der Waals surface area contributed by atoms with Gasteiger partial charge in [0.25, 0.3) is 0 Å². The molecule has 0 bridgehead atoms. The minimum atomic E-state index is -1.17. The van der Waals surface area contributed by atoms with Crippen molar-refractivity contribution in [2.24, 2.45) is 0 Å². The maximum absolute atomic E-state index is 16.4. The molecule has 0 N–H and O–H groups in total. The second kappa shape index (κ2) is 19.9. The molecule has 0 atom stereocenters. The largest absolute Gasteiger partial charge is 0.449 e. The van der Waals surface area contributed by atoms with E-state index >= 15 is 8.78 Å². The predicted molar refractivity (Wildman–Crippen MR) is 212 cm³/mol. The lowest BCUT2D eigenvalue weighted by Gasteiger charge is -2.20. The fourth-order valence-electron chi connectivity index (χ4n) is 6.14. The third-order valence-electron chi connectivity index (χ3n) is 8.90. The summed E-state index contributed by atoms with van der Waals surface area (Å²) >= 11 is 6.98. The number of unbranched alkanes of at least 4 members (excludes halogenated alkanes) is 6. The van der Waals surface area contributed by atoms with Crippen LogP contribution in [-0.4, -0.2) is 10.7 Å². The van der Waals surface area contributed by atoms with Crippen LogP contribution in [-0.2, 0) is 12.8 Å². The molecule has 8 heteroatoms. The van der Waals surface area contributed by atoms with Crippen molar-refractivity contribution in [2.75, 3.05) is 10.7 Å². The van der Waals surface area contributed by atoms with Crippen molar-refractivity contribution in [3.05, 3.63) is 131 Å². The summed E-state index contributed by atoms with van der Waals surface area (Å²) < 4.78 is 45.3. The number of aryl methyl sites for hydroxylation is 2. The van der Waals surface area contributed by atoms with Gasteiger partial charge in [0.15, 0.2) is 11.6 Å². The molecule has 4 nitrogen and oxygen atoms in total. The summed E-state index contributed by atoms with van der Waals surface area (Å²) in [4.78, 5) is 0. The number of alkyl halides is 2. The Kier molecular flexibility index (Phi) is 14.8. The van der Waals surface area contributed by atoms with Gasteiger partial charge in [0, 0.05) is 21.8 Å². The Labute approximate surface area is 322 Å². The number of halogens is 4. The molecule has 5 aromatic rings. The van der Waals surface area contributed by atoms with Crippen LogP contribution in [0, 0.1) is 34.3 Å². The fraction of sp³-hybridized carbons (Fsp3) is 0.273. The average molecular weight is 827 g/mol. The highest BCUT2D eigenvalue weighted by Gasteiger charge is 2.30. The molecule has 0 saturated carbocycles. The SMILES string of the molecule is N#Cc1c(F)c(Oc2ccc(CCCCCCBr)cc2-c2ccccc2)c(Oc2ccc(CCCCCCBr)cc2-c2ccccc2)c(F)c1C#N. The van der Waals surface area contributed by atoms with Gasteiger partial charge in [0.1, 0.15) is 34.8 Å². The van der Waals surface area contributed by atoms with Crippen LogP contribution in [0.25, 0.3) is 22.3 Å². The van der Waals surface area contributed by atoms with E-state index < -0.39 is 34.3 Å². The standard InChI is InChI=1S/C44H40Br2F2N2O2/c45-25-13-3-1-7-15-31-21-23-39(35(27-31)33-17-9-5-10-18-33)51-43-41(47)37(29-49)38(30-50)42(48)44(43)52-40-24-22-32(16-8-2-4-14-26-46)28-36(40)34-19-11-6-12-20-34/h5-6,9-12,17-24,27-28H,1-4,7-8,13-16,25-26H2. The summed E-state index contributed by atoms with van der Waals surface area (Å²) in [5.74, 6) is -3.06. The van der Waals surface area contributed by atoms with Gasteiger partial charge in [-0.3, -0.25) is 0 Å². The van der Waals surface area contributed by atoms with Crippen molar-refractivity contribution in [1.29, 1.82) is 10.5 Å². The van der Waals surface area contributed by atoms with Crippen LogP contribution in [0.2, 0.25) is 0 Å². The van der Waals surface area contributed by atoms with Gasteiger partial charge in [-0.05, 0) is 85.0 Å². The fourth-order valence-corrected chi connectivity index (χ4v) is 6.94. The van der Waals surface area contributed by atoms with E-state index in [1.807, 2.05) is 84.9 Å². The average Bonchev–Trinajstić information content (AvgIpc) is 3.18. The highest BCUT2D eigenvalue weighted by Crippen LogP contribution is 2.46. The molecule has 266 valence electrons. The normalized spacial score (nSPS) is 10.8. The smallest absolute Gasteiger partial charge is 0.210 e. The third-order valence-corrected chi connectivity index (χ3v) is 10.0. The van der Waals surface area contributed by atoms with Crippen molar-refractivity contribution in [3.63, 3.8) is 0 Å². The number of hydrogen-bond acceptors (Lipinski definition) is 4. The van der Waals surface area contributed by atoms with Gasteiger partial charge in [-0.15, -0.1) is 0 Å². The van der Waals surface area contributed by atoms with E-state index in [9.17, 15) is 10.5 Å². The molecule has 0 aromatic heterocycles. The first-order valence-electron chi connectivity index (χ1n) is 17.7. The molecule has 5 rings (SSSR count). The zero-order valence-electron chi connectivity index (χ0n) is 28.9. The van der Waals surface area contributed by atoms with Crippen LogP contribution >= 0.6 is 31.9 Å². The predicted octanol–water partition coefficient (Wildman–Crippen LogP) is 13.6. The van der Waals surface area contributed by atoms with Crippen LogP contribution in [0.5, 0.6) is 23.0 Å². The second-order valence-electron chi connectivity index (χ2n) is 12.6. The minimum Gasteiger partial charge on any atom is -0.449 e. The van der Waals surface area contributed by atoms with Gasteiger partial charge in [-0.2, -0.15) is 10.5 Å². The minimum absolute atomic E-state index is 0.254. The van der Waals surface area contributed by atoms with Gasteiger partial charge in [-0.1, -0.05) is 130 Å². The summed E-state index contributed by atoms with van der Waals surface area (Å²) in [6.45, 7) is 0. The highest BCUT2D eigenvalue weighted by atomic mass is 79.9. The Morgan fingerprint density at radius 2 is 0.885 bits per heavy atom. The number of hydrogen-bond donors (Lipinski definition) is 0. The quantitative estimate of drug-likeness (QED) is 0.0652. The monoisotopic (exact) mass is 824 g/mol. The van der Waals surface area contributed by atoms with Gasteiger partial charge in [-0.25, -0.2) is 8.78 Å². The second-order valence-corrected chi connectivity index (χ2v) is 14.1. The first-order chi connectivity index (χ1) is 25.5. The van der Waals surface area contributed by atoms with Crippen molar-refractivity contribution in [3.8, 4) is 57.4 Å². The van der Waals surface area contributed by atoms with Crippen molar-refractivity contribution in [1.82, 2.24) is 0 Å². The third kappa shape index (κ3) is 9.88. The van der Waals surface area contributed by atoms with E-state index in [2.05, 4.69) is 31.9 Å². The molecule has 0 spiro atoms. The van der Waals surface area contributed by atoms with Crippen LogP contribution in [0.3, 0.4) is 0 Å². The molecular formula is C44H40Br2F2N2O2. The summed E-state index contributed by atoms with van der Waals surface area (Å²) in [5.41, 5.74) is 3.68. The Morgan fingerprint density at radius 3 is 1.25 bits per heavy atom. The van der Waals surface area contributed by atoms with Crippen LogP contribution in [0.4, 0.5) is 8.78 Å². The first-order valence-corrected chi connectivity index (χ1v) is 19.9. The van der Waals surface area contributed by atoms with Crippen LogP contribution in [0.15, 0.2) is 97.1 Å². The van der Waals surface area contributed by atoms with Gasteiger partial charge < -0.3 is 9.47 Å². The molecule has 0 unspecified atom stereocenters. The molecule has 0 aliphatic heterocycles. The van der Waals surface area contributed by atoms with Crippen LogP contribution in [0.1, 0.15) is 73.6 Å². The Hall–Kier alpha value is -4.50. The molecule has 0 saturated heterocycles. The van der Waals surface area contributed by atoms with Crippen molar-refractivity contribution >= 4 is 31.9 Å². The maximum atomic E-state index is 16.4. The number of nitriles is 2. The molecule has 52 heavy (non-hydrogen) atoms. The van der Waals surface area contributed by atoms with E-state index in [4.69, 9.17) is 9.47 Å². The Balaban J connectivity index is 1.58. The molecule has 0 fully saturated rings. The molecule has 0 heterocycles. The summed E-state index contributed by atoms with van der Waals surface area (Å²) in [7, 11) is 0. The summed E-state index contributed by atoms with van der Waals surface area (Å²) in [6, 6.07) is 33.7. The lowest BCUT2D eigenvalue weighted by molar-refractivity contribution is 0.374. The van der Waals surface area contributed by atoms with E-state index in [0.29, 0.717) is 11.1 Å². The Morgan fingerprint density at radius 1 is 0.500 bits per heavy atom. The van der Waals surface area contributed by atoms with Gasteiger partial charge >= 0.3 is 0 Å². The van der Waals surface area contributed by atoms with Gasteiger partial charge in [0.05, 0.1) is 0 Å². The molecule has 0 aliphatic carbocycles. The van der Waals surface area contributed by atoms with Crippen molar-refractivity contribution in [2.45, 2.75) is 64.2 Å². The van der Waals surface area contributed by atoms with E-state index in [1.54, 1.807) is 24.3 Å². The van der Waals surface area contributed by atoms with Crippen molar-refractivity contribution < 1.29 is 18.3 Å². The lowest BCUT2D eigenvalue weighted by Crippen LogP contribution is -2.05. The first kappa shape index (κ1) is 38.7. The van der Waals surface area contributed by atoms with E-state index in [-0.39, 0.29) is 11.5 Å². The Bertz CT molecular complexity index is 1880. The molecule has 0 aliphatic rings. The number of benzene rings is 5. The number of nitrogens with zero attached hydrogens (tertiary/aromatic N) is 2. The maximum Gasteiger partial charge on any atom is 0.210 e. The van der Waals surface area contributed by atoms with Gasteiger partial charge in [0.2, 0.25) is 11.5 Å². The topological polar surface area (TPSA) is 66.0 Å². The van der Waals surface area contributed by atoms with E-state index in [1.165, 1.54) is 0 Å². The summed E-state index contributed by atoms with van der Waals surface area (Å²) in [5, 5.41) is 21.7. The number of ether oxygens (including phenoxy) is 2. The molecule has 0 radical (unpaired) electrons. The highest BCUT2D eigenvalue weighted by molar-refractivity contribution is 9.09. The molecular weight excluding hydrogens is 786 g/mol. The number of rotatable bonds is 18. The lowest BCUT2D eigenvalue weighted by atomic mass is 9.98. The zero-order valence-corrected chi connectivity index (χ0v) is 32.1. The molecule has 5 aromatic carbocycles. The molecule has 0 amide bonds. The van der Waals surface area contributed by atoms with E-state index in [0.717, 1.165) is 97.1 Å².